The standard InChI is InChI=1S/C55H38N4/c1-55(2)45-23-13-14-24-47(45)58(40-19-7-4-8-20-40)48-31-28-38(33-46(48)55)39-26-29-43-50(34-39)59(49-32-27-35-15-9-11-21-41(35)51(43)49)54-56-52(37-17-5-3-6-18-37)44-30-25-36-16-10-12-22-42(36)53(44)57-54/h3-34H,1-2H3. The highest BCUT2D eigenvalue weighted by Crippen LogP contribution is 2.52. The van der Waals surface area contributed by atoms with Gasteiger partial charge < -0.3 is 4.90 Å². The molecule has 0 saturated carbocycles. The van der Waals surface area contributed by atoms with E-state index in [9.17, 15) is 0 Å². The Bertz CT molecular complexity index is 3470. The third kappa shape index (κ3) is 5.03. The normalized spacial score (nSPS) is 13.4. The van der Waals surface area contributed by atoms with Crippen molar-refractivity contribution in [3.05, 3.63) is 205 Å². The maximum atomic E-state index is 5.50. The van der Waals surface area contributed by atoms with E-state index < -0.39 is 0 Å². The molecule has 0 aliphatic carbocycles. The van der Waals surface area contributed by atoms with E-state index in [1.165, 1.54) is 49.6 Å². The lowest BCUT2D eigenvalue weighted by Gasteiger charge is -2.42. The third-order valence-electron chi connectivity index (χ3n) is 12.6. The summed E-state index contributed by atoms with van der Waals surface area (Å²) in [5.41, 5.74) is 13.3. The minimum atomic E-state index is -0.222. The highest BCUT2D eigenvalue weighted by atomic mass is 15.2. The monoisotopic (exact) mass is 754 g/mol. The first-order valence-electron chi connectivity index (χ1n) is 20.3. The maximum Gasteiger partial charge on any atom is 0.235 e. The van der Waals surface area contributed by atoms with E-state index in [0.717, 1.165) is 55.2 Å². The molecule has 3 heterocycles. The Morgan fingerprint density at radius 3 is 1.88 bits per heavy atom. The van der Waals surface area contributed by atoms with Crippen molar-refractivity contribution in [2.75, 3.05) is 4.90 Å². The van der Waals surface area contributed by atoms with Gasteiger partial charge in [-0.05, 0) is 86.9 Å². The number of fused-ring (bicyclic) bond motifs is 10. The van der Waals surface area contributed by atoms with Crippen molar-refractivity contribution in [2.45, 2.75) is 19.3 Å². The second-order valence-electron chi connectivity index (χ2n) is 16.2. The Morgan fingerprint density at radius 2 is 1.05 bits per heavy atom. The Hall–Kier alpha value is -7.56. The topological polar surface area (TPSA) is 34.0 Å². The van der Waals surface area contributed by atoms with Crippen molar-refractivity contribution in [2.24, 2.45) is 0 Å². The number of aromatic nitrogens is 3. The molecule has 0 unspecified atom stereocenters. The molecule has 4 nitrogen and oxygen atoms in total. The van der Waals surface area contributed by atoms with E-state index in [4.69, 9.17) is 9.97 Å². The van der Waals surface area contributed by atoms with Crippen LogP contribution in [0.15, 0.2) is 194 Å². The van der Waals surface area contributed by atoms with Gasteiger partial charge in [-0.25, -0.2) is 9.97 Å². The molecule has 0 N–H and O–H groups in total. The van der Waals surface area contributed by atoms with E-state index in [1.54, 1.807) is 0 Å². The predicted molar refractivity (Wildman–Crippen MR) is 247 cm³/mol. The molecule has 11 aromatic rings. The molecule has 12 rings (SSSR count). The van der Waals surface area contributed by atoms with Crippen LogP contribution in [0.1, 0.15) is 25.0 Å². The van der Waals surface area contributed by atoms with Crippen LogP contribution in [0.4, 0.5) is 17.1 Å². The van der Waals surface area contributed by atoms with Gasteiger partial charge >= 0.3 is 0 Å². The average Bonchev–Trinajstić information content (AvgIpc) is 3.63. The van der Waals surface area contributed by atoms with Gasteiger partial charge in [0.05, 0.1) is 33.6 Å². The number of anilines is 3. The number of para-hydroxylation sites is 2. The summed E-state index contributed by atoms with van der Waals surface area (Å²) in [6.07, 6.45) is 0. The van der Waals surface area contributed by atoms with Crippen LogP contribution in [-0.2, 0) is 5.41 Å². The van der Waals surface area contributed by atoms with Gasteiger partial charge in [0.2, 0.25) is 5.95 Å². The molecule has 1 aliphatic heterocycles. The maximum absolute atomic E-state index is 5.50. The van der Waals surface area contributed by atoms with Crippen molar-refractivity contribution in [3.8, 4) is 28.3 Å². The van der Waals surface area contributed by atoms with E-state index in [2.05, 4.69) is 217 Å². The quantitative estimate of drug-likeness (QED) is 0.168. The predicted octanol–water partition coefficient (Wildman–Crippen LogP) is 14.5. The zero-order chi connectivity index (χ0) is 39.2. The summed E-state index contributed by atoms with van der Waals surface area (Å²) < 4.78 is 2.30. The van der Waals surface area contributed by atoms with Crippen LogP contribution >= 0.6 is 0 Å². The molecule has 59 heavy (non-hydrogen) atoms. The summed E-state index contributed by atoms with van der Waals surface area (Å²) >= 11 is 0. The molecule has 278 valence electrons. The molecule has 0 saturated heterocycles. The molecule has 2 aromatic heterocycles. The Morgan fingerprint density at radius 1 is 0.424 bits per heavy atom. The van der Waals surface area contributed by atoms with Crippen molar-refractivity contribution in [1.82, 2.24) is 14.5 Å². The fourth-order valence-corrected chi connectivity index (χ4v) is 9.69. The highest BCUT2D eigenvalue weighted by Gasteiger charge is 2.37. The summed E-state index contributed by atoms with van der Waals surface area (Å²) in [7, 11) is 0. The van der Waals surface area contributed by atoms with E-state index in [1.807, 2.05) is 0 Å². The van der Waals surface area contributed by atoms with Gasteiger partial charge in [-0.2, -0.15) is 0 Å². The third-order valence-corrected chi connectivity index (χ3v) is 12.6. The fourth-order valence-electron chi connectivity index (χ4n) is 9.69. The molecule has 9 aromatic carbocycles. The van der Waals surface area contributed by atoms with Crippen LogP contribution in [-0.4, -0.2) is 14.5 Å². The lowest BCUT2D eigenvalue weighted by atomic mass is 9.73. The SMILES string of the molecule is CC1(C)c2ccccc2N(c2ccccc2)c2ccc(-c3ccc4c5c6ccccc6ccc5n(-c5nc(-c6ccccc6)c6ccc7ccccc7c6n5)c4c3)cc21. The average molecular weight is 755 g/mol. The van der Waals surface area contributed by atoms with Gasteiger partial charge in [0.1, 0.15) is 0 Å². The first-order chi connectivity index (χ1) is 29.0. The minimum Gasteiger partial charge on any atom is -0.310 e. The van der Waals surface area contributed by atoms with E-state index in [0.29, 0.717) is 5.95 Å². The fraction of sp³-hybridized carbons (Fsp3) is 0.0545. The Labute approximate surface area is 342 Å². The zero-order valence-corrected chi connectivity index (χ0v) is 32.8. The number of nitrogens with zero attached hydrogens (tertiary/aromatic N) is 4. The molecule has 0 fully saturated rings. The van der Waals surface area contributed by atoms with Crippen molar-refractivity contribution >= 4 is 71.3 Å². The van der Waals surface area contributed by atoms with Crippen LogP contribution in [0.25, 0.3) is 82.6 Å². The smallest absolute Gasteiger partial charge is 0.235 e. The summed E-state index contributed by atoms with van der Waals surface area (Å²) in [5.74, 6) is 0.654. The molecule has 4 heteroatoms. The van der Waals surface area contributed by atoms with Crippen LogP contribution in [0.2, 0.25) is 0 Å². The van der Waals surface area contributed by atoms with Crippen LogP contribution in [0.3, 0.4) is 0 Å². The molecule has 0 radical (unpaired) electrons. The molecular formula is C55H38N4. The largest absolute Gasteiger partial charge is 0.310 e. The highest BCUT2D eigenvalue weighted by molar-refractivity contribution is 6.22. The van der Waals surface area contributed by atoms with E-state index in [-0.39, 0.29) is 5.41 Å². The second kappa shape index (κ2) is 12.7. The summed E-state index contributed by atoms with van der Waals surface area (Å²) in [6.45, 7) is 4.71. The second-order valence-corrected chi connectivity index (χ2v) is 16.2. The number of rotatable bonds is 4. The number of hydrogen-bond donors (Lipinski definition) is 0. The van der Waals surface area contributed by atoms with Crippen LogP contribution < -0.4 is 4.90 Å². The van der Waals surface area contributed by atoms with Gasteiger partial charge in [-0.15, -0.1) is 0 Å². The van der Waals surface area contributed by atoms with Crippen molar-refractivity contribution in [1.29, 1.82) is 0 Å². The Kier molecular flexibility index (Phi) is 7.24. The molecule has 0 amide bonds. The number of benzene rings is 9. The van der Waals surface area contributed by atoms with Crippen LogP contribution in [0, 0.1) is 0 Å². The molecule has 1 aliphatic rings. The summed E-state index contributed by atoms with van der Waals surface area (Å²) in [4.78, 5) is 13.4. The van der Waals surface area contributed by atoms with E-state index >= 15 is 0 Å². The summed E-state index contributed by atoms with van der Waals surface area (Å²) in [5, 5.41) is 8.10. The van der Waals surface area contributed by atoms with Crippen LogP contribution in [0.5, 0.6) is 0 Å². The lowest BCUT2D eigenvalue weighted by Crippen LogP contribution is -2.30. The summed E-state index contributed by atoms with van der Waals surface area (Å²) in [6, 6.07) is 70.1. The molecule has 0 spiro atoms. The zero-order valence-electron chi connectivity index (χ0n) is 32.8. The van der Waals surface area contributed by atoms with Crippen molar-refractivity contribution < 1.29 is 0 Å². The van der Waals surface area contributed by atoms with Gasteiger partial charge in [0, 0.05) is 38.2 Å². The van der Waals surface area contributed by atoms with Gasteiger partial charge in [0.25, 0.3) is 0 Å². The first-order valence-corrected chi connectivity index (χ1v) is 20.3. The van der Waals surface area contributed by atoms with Gasteiger partial charge in [-0.1, -0.05) is 159 Å². The lowest BCUT2D eigenvalue weighted by molar-refractivity contribution is 0.632. The molecular weight excluding hydrogens is 717 g/mol. The first kappa shape index (κ1) is 33.6. The molecule has 0 atom stereocenters. The molecule has 0 bridgehead atoms. The van der Waals surface area contributed by atoms with Gasteiger partial charge in [-0.3, -0.25) is 4.57 Å². The minimum absolute atomic E-state index is 0.222. The van der Waals surface area contributed by atoms with Gasteiger partial charge in [0.15, 0.2) is 0 Å². The number of hydrogen-bond acceptors (Lipinski definition) is 3. The Balaban J connectivity index is 1.13. The van der Waals surface area contributed by atoms with Crippen molar-refractivity contribution in [3.63, 3.8) is 0 Å².